The zero-order valence-corrected chi connectivity index (χ0v) is 13.4. The first-order valence-corrected chi connectivity index (χ1v) is 8.14. The number of halogens is 1. The second kappa shape index (κ2) is 6.83. The Bertz CT molecular complexity index is 612. The van der Waals surface area contributed by atoms with E-state index in [0.29, 0.717) is 29.8 Å². The number of carbonyl (C=O) groups is 2. The molecule has 2 saturated heterocycles. The third-order valence-corrected chi connectivity index (χ3v) is 4.65. The monoisotopic (exact) mass is 338 g/mol. The Hall–Kier alpha value is -1.34. The highest BCUT2D eigenvalue weighted by Crippen LogP contribution is 2.32. The molecule has 0 saturated carbocycles. The Labute approximate surface area is 137 Å². The summed E-state index contributed by atoms with van der Waals surface area (Å²) < 4.78 is 5.27. The lowest BCUT2D eigenvalue weighted by atomic mass is 10.2. The van der Waals surface area contributed by atoms with Crippen molar-refractivity contribution in [3.63, 3.8) is 0 Å². The van der Waals surface area contributed by atoms with Crippen LogP contribution in [0, 0.1) is 0 Å². The van der Waals surface area contributed by atoms with Crippen molar-refractivity contribution < 1.29 is 14.3 Å². The predicted octanol–water partition coefficient (Wildman–Crippen LogP) is 2.67. The van der Waals surface area contributed by atoms with Crippen LogP contribution in [0.1, 0.15) is 5.56 Å². The molecule has 0 radical (unpaired) electrons. The first kappa shape index (κ1) is 15.6. The van der Waals surface area contributed by atoms with Crippen LogP contribution in [0.3, 0.4) is 0 Å². The minimum Gasteiger partial charge on any atom is -0.379 e. The van der Waals surface area contributed by atoms with Crippen molar-refractivity contribution in [1.29, 1.82) is 0 Å². The standard InChI is InChI=1S/C15H15ClN2O3S/c16-12-3-1-11(2-4-12)9-13-14(19)18(15(20)22-13)10-17-5-7-21-8-6-17/h1-4,9H,5-8,10H2/b13-9+. The van der Waals surface area contributed by atoms with E-state index in [4.69, 9.17) is 16.3 Å². The van der Waals surface area contributed by atoms with Crippen LogP contribution in [0.15, 0.2) is 29.2 Å². The van der Waals surface area contributed by atoms with E-state index in [9.17, 15) is 9.59 Å². The van der Waals surface area contributed by atoms with Crippen LogP contribution in [0.25, 0.3) is 6.08 Å². The lowest BCUT2D eigenvalue weighted by molar-refractivity contribution is -0.125. The van der Waals surface area contributed by atoms with Crippen molar-refractivity contribution in [3.8, 4) is 0 Å². The molecule has 0 atom stereocenters. The van der Waals surface area contributed by atoms with Gasteiger partial charge in [-0.2, -0.15) is 0 Å². The molecule has 2 fully saturated rings. The van der Waals surface area contributed by atoms with Crippen molar-refractivity contribution in [2.24, 2.45) is 0 Å². The van der Waals surface area contributed by atoms with Gasteiger partial charge in [0.05, 0.1) is 24.8 Å². The van der Waals surface area contributed by atoms with Gasteiger partial charge < -0.3 is 4.74 Å². The summed E-state index contributed by atoms with van der Waals surface area (Å²) >= 11 is 6.82. The summed E-state index contributed by atoms with van der Waals surface area (Å²) in [5.41, 5.74) is 0.848. The summed E-state index contributed by atoms with van der Waals surface area (Å²) in [6, 6.07) is 7.15. The summed E-state index contributed by atoms with van der Waals surface area (Å²) in [5, 5.41) is 0.411. The van der Waals surface area contributed by atoms with E-state index in [0.717, 1.165) is 30.4 Å². The molecule has 2 aliphatic heterocycles. The lowest BCUT2D eigenvalue weighted by Gasteiger charge is -2.29. The molecule has 0 unspecified atom stereocenters. The summed E-state index contributed by atoms with van der Waals surface area (Å²) in [7, 11) is 0. The highest BCUT2D eigenvalue weighted by atomic mass is 35.5. The third kappa shape index (κ3) is 3.52. The molecular formula is C15H15ClN2O3S. The molecule has 2 amide bonds. The van der Waals surface area contributed by atoms with Crippen LogP contribution in [-0.2, 0) is 9.53 Å². The SMILES string of the molecule is O=C1S/C(=C/c2ccc(Cl)cc2)C(=O)N1CN1CCOCC1. The molecule has 0 aliphatic carbocycles. The molecular weight excluding hydrogens is 324 g/mol. The van der Waals surface area contributed by atoms with Crippen molar-refractivity contribution >= 4 is 40.6 Å². The number of morpholine rings is 1. The molecule has 0 bridgehead atoms. The number of amides is 2. The smallest absolute Gasteiger partial charge is 0.294 e. The summed E-state index contributed by atoms with van der Waals surface area (Å²) in [6.07, 6.45) is 1.72. The van der Waals surface area contributed by atoms with Gasteiger partial charge in [-0.05, 0) is 35.5 Å². The first-order valence-electron chi connectivity index (χ1n) is 6.94. The van der Waals surface area contributed by atoms with Gasteiger partial charge in [0.15, 0.2) is 0 Å². The van der Waals surface area contributed by atoms with Gasteiger partial charge in [0, 0.05) is 18.1 Å². The van der Waals surface area contributed by atoms with Crippen molar-refractivity contribution in [2.75, 3.05) is 33.0 Å². The van der Waals surface area contributed by atoms with Crippen LogP contribution < -0.4 is 0 Å². The third-order valence-electron chi connectivity index (χ3n) is 3.49. The Kier molecular flexibility index (Phi) is 4.83. The van der Waals surface area contributed by atoms with Crippen LogP contribution in [-0.4, -0.2) is 53.9 Å². The maximum Gasteiger partial charge on any atom is 0.294 e. The minimum atomic E-state index is -0.239. The van der Waals surface area contributed by atoms with Crippen LogP contribution >= 0.6 is 23.4 Å². The first-order chi connectivity index (χ1) is 10.6. The second-order valence-electron chi connectivity index (χ2n) is 5.03. The fourth-order valence-electron chi connectivity index (χ4n) is 2.27. The van der Waals surface area contributed by atoms with E-state index < -0.39 is 0 Å². The van der Waals surface area contributed by atoms with Gasteiger partial charge in [-0.1, -0.05) is 23.7 Å². The van der Waals surface area contributed by atoms with Gasteiger partial charge in [-0.3, -0.25) is 19.4 Å². The van der Waals surface area contributed by atoms with E-state index >= 15 is 0 Å². The number of thioether (sulfide) groups is 1. The van der Waals surface area contributed by atoms with Gasteiger partial charge in [0.2, 0.25) is 0 Å². The molecule has 0 aromatic heterocycles. The van der Waals surface area contributed by atoms with Gasteiger partial charge >= 0.3 is 0 Å². The van der Waals surface area contributed by atoms with Gasteiger partial charge in [0.25, 0.3) is 11.1 Å². The van der Waals surface area contributed by atoms with E-state index in [1.54, 1.807) is 18.2 Å². The quantitative estimate of drug-likeness (QED) is 0.793. The summed E-state index contributed by atoms with van der Waals surface area (Å²) in [6.45, 7) is 3.07. The Balaban J connectivity index is 1.71. The highest BCUT2D eigenvalue weighted by Gasteiger charge is 2.36. The Morgan fingerprint density at radius 2 is 1.86 bits per heavy atom. The molecule has 22 heavy (non-hydrogen) atoms. The zero-order chi connectivity index (χ0) is 15.5. The summed E-state index contributed by atoms with van der Waals surface area (Å²) in [5.74, 6) is -0.239. The Morgan fingerprint density at radius 3 is 2.55 bits per heavy atom. The fourth-order valence-corrected chi connectivity index (χ4v) is 3.23. The second-order valence-corrected chi connectivity index (χ2v) is 6.46. The molecule has 2 heterocycles. The van der Waals surface area contributed by atoms with Crippen LogP contribution in [0.5, 0.6) is 0 Å². The molecule has 1 aromatic carbocycles. The van der Waals surface area contributed by atoms with Crippen molar-refractivity contribution in [1.82, 2.24) is 9.80 Å². The number of hydrogen-bond donors (Lipinski definition) is 0. The highest BCUT2D eigenvalue weighted by molar-refractivity contribution is 8.18. The van der Waals surface area contributed by atoms with Crippen molar-refractivity contribution in [3.05, 3.63) is 39.8 Å². The average molecular weight is 339 g/mol. The van der Waals surface area contributed by atoms with Crippen LogP contribution in [0.4, 0.5) is 4.79 Å². The number of carbonyl (C=O) groups excluding carboxylic acids is 2. The maximum atomic E-state index is 12.4. The van der Waals surface area contributed by atoms with Gasteiger partial charge in [0.1, 0.15) is 0 Å². The molecule has 2 aliphatic rings. The van der Waals surface area contributed by atoms with E-state index in [1.165, 1.54) is 4.90 Å². The average Bonchev–Trinajstić information content (AvgIpc) is 2.78. The number of hydrogen-bond acceptors (Lipinski definition) is 5. The van der Waals surface area contributed by atoms with Crippen molar-refractivity contribution in [2.45, 2.75) is 0 Å². The largest absolute Gasteiger partial charge is 0.379 e. The molecule has 5 nitrogen and oxygen atoms in total. The van der Waals surface area contributed by atoms with Gasteiger partial charge in [-0.25, -0.2) is 0 Å². The topological polar surface area (TPSA) is 49.9 Å². The molecule has 7 heteroatoms. The number of rotatable bonds is 3. The van der Waals surface area contributed by atoms with E-state index in [-0.39, 0.29) is 11.1 Å². The maximum absolute atomic E-state index is 12.4. The molecule has 3 rings (SSSR count). The lowest BCUT2D eigenvalue weighted by Crippen LogP contribution is -2.45. The number of benzene rings is 1. The molecule has 0 N–H and O–H groups in total. The number of nitrogens with zero attached hydrogens (tertiary/aromatic N) is 2. The van der Waals surface area contributed by atoms with E-state index in [1.807, 2.05) is 17.0 Å². The van der Waals surface area contributed by atoms with Crippen LogP contribution in [0.2, 0.25) is 5.02 Å². The van der Waals surface area contributed by atoms with Gasteiger partial charge in [-0.15, -0.1) is 0 Å². The number of imide groups is 1. The molecule has 116 valence electrons. The molecule has 0 spiro atoms. The normalized spacial score (nSPS) is 21.9. The zero-order valence-electron chi connectivity index (χ0n) is 11.8. The minimum absolute atomic E-state index is 0.225. The predicted molar refractivity (Wildman–Crippen MR) is 86.5 cm³/mol. The molecule has 1 aromatic rings. The summed E-state index contributed by atoms with van der Waals surface area (Å²) in [4.78, 5) is 28.2. The van der Waals surface area contributed by atoms with E-state index in [2.05, 4.69) is 0 Å². The fraction of sp³-hybridized carbons (Fsp3) is 0.333. The number of ether oxygens (including phenoxy) is 1. The Morgan fingerprint density at radius 1 is 1.18 bits per heavy atom.